The van der Waals surface area contributed by atoms with Crippen molar-refractivity contribution in [3.8, 4) is 11.5 Å². The van der Waals surface area contributed by atoms with Gasteiger partial charge in [0.25, 0.3) is 0 Å². The highest BCUT2D eigenvalue weighted by Crippen LogP contribution is 2.43. The summed E-state index contributed by atoms with van der Waals surface area (Å²) in [6, 6.07) is 6.35. The number of likely N-dealkylation sites (tertiary alicyclic amines) is 1. The molecule has 0 atom stereocenters. The zero-order valence-corrected chi connectivity index (χ0v) is 13.5. The van der Waals surface area contributed by atoms with E-state index < -0.39 is 0 Å². The molecule has 3 aliphatic rings. The molecule has 1 aromatic rings. The van der Waals surface area contributed by atoms with Gasteiger partial charge in [-0.15, -0.1) is 0 Å². The van der Waals surface area contributed by atoms with Crippen LogP contribution in [0, 0.1) is 0 Å². The first-order valence-electron chi connectivity index (χ1n) is 8.70. The van der Waals surface area contributed by atoms with Crippen LogP contribution in [0.2, 0.25) is 0 Å². The lowest BCUT2D eigenvalue weighted by Gasteiger charge is -2.39. The van der Waals surface area contributed by atoms with E-state index in [-0.39, 0.29) is 11.4 Å². The van der Waals surface area contributed by atoms with Crippen molar-refractivity contribution >= 4 is 6.03 Å². The number of ether oxygens (including phenoxy) is 2. The molecule has 1 saturated carbocycles. The van der Waals surface area contributed by atoms with Gasteiger partial charge < -0.3 is 19.7 Å². The van der Waals surface area contributed by atoms with E-state index in [0.717, 1.165) is 43.9 Å². The Labute approximate surface area is 136 Å². The Balaban J connectivity index is 1.54. The zero-order valence-electron chi connectivity index (χ0n) is 13.5. The van der Waals surface area contributed by atoms with Crippen LogP contribution in [-0.2, 0) is 5.41 Å². The van der Waals surface area contributed by atoms with Gasteiger partial charge in [0.2, 0.25) is 6.79 Å². The quantitative estimate of drug-likeness (QED) is 0.932. The molecule has 1 aliphatic carbocycles. The first kappa shape index (κ1) is 14.7. The SMILES string of the molecule is O=C(NCC1(c2ccc3c(c2)OCO3)CCCCC1)N1CCC1. The van der Waals surface area contributed by atoms with Gasteiger partial charge in [-0.1, -0.05) is 25.3 Å². The van der Waals surface area contributed by atoms with Gasteiger partial charge >= 0.3 is 6.03 Å². The maximum Gasteiger partial charge on any atom is 0.317 e. The van der Waals surface area contributed by atoms with E-state index in [1.807, 2.05) is 11.0 Å². The van der Waals surface area contributed by atoms with Crippen LogP contribution in [0.4, 0.5) is 4.79 Å². The molecule has 23 heavy (non-hydrogen) atoms. The number of fused-ring (bicyclic) bond motifs is 1. The predicted octanol–water partition coefficient (Wildman–Crippen LogP) is 3.03. The molecule has 1 aromatic carbocycles. The number of hydrogen-bond donors (Lipinski definition) is 1. The molecule has 2 aliphatic heterocycles. The highest BCUT2D eigenvalue weighted by Gasteiger charge is 2.36. The van der Waals surface area contributed by atoms with E-state index in [1.165, 1.54) is 24.8 Å². The number of urea groups is 1. The molecule has 0 aromatic heterocycles. The maximum absolute atomic E-state index is 12.2. The van der Waals surface area contributed by atoms with Gasteiger partial charge in [-0.05, 0) is 37.0 Å². The maximum atomic E-state index is 12.2. The van der Waals surface area contributed by atoms with Crippen LogP contribution in [0.5, 0.6) is 11.5 Å². The Morgan fingerprint density at radius 2 is 1.87 bits per heavy atom. The lowest BCUT2D eigenvalue weighted by atomic mass is 9.69. The van der Waals surface area contributed by atoms with E-state index in [4.69, 9.17) is 9.47 Å². The number of benzene rings is 1. The van der Waals surface area contributed by atoms with E-state index in [2.05, 4.69) is 17.4 Å². The summed E-state index contributed by atoms with van der Waals surface area (Å²) in [4.78, 5) is 14.1. The van der Waals surface area contributed by atoms with Crippen molar-refractivity contribution in [3.63, 3.8) is 0 Å². The van der Waals surface area contributed by atoms with Crippen molar-refractivity contribution in [2.24, 2.45) is 0 Å². The monoisotopic (exact) mass is 316 g/mol. The summed E-state index contributed by atoms with van der Waals surface area (Å²) in [5.41, 5.74) is 1.30. The average molecular weight is 316 g/mol. The van der Waals surface area contributed by atoms with Crippen LogP contribution in [-0.4, -0.2) is 37.4 Å². The third kappa shape index (κ3) is 2.73. The zero-order chi connectivity index (χ0) is 15.7. The third-order valence-electron chi connectivity index (χ3n) is 5.52. The van der Waals surface area contributed by atoms with Crippen molar-refractivity contribution in [1.82, 2.24) is 10.2 Å². The lowest BCUT2D eigenvalue weighted by molar-refractivity contribution is 0.162. The second-order valence-electron chi connectivity index (χ2n) is 6.91. The van der Waals surface area contributed by atoms with Gasteiger partial charge in [-0.3, -0.25) is 0 Å². The predicted molar refractivity (Wildman–Crippen MR) is 86.9 cm³/mol. The van der Waals surface area contributed by atoms with E-state index in [1.54, 1.807) is 0 Å². The summed E-state index contributed by atoms with van der Waals surface area (Å²) in [6.07, 6.45) is 7.08. The molecular weight excluding hydrogens is 292 g/mol. The Morgan fingerprint density at radius 3 is 2.61 bits per heavy atom. The number of nitrogens with one attached hydrogen (secondary N) is 1. The standard InChI is InChI=1S/C18H24N2O3/c21-17(20-9-4-10-20)19-12-18(7-2-1-3-8-18)14-5-6-15-16(11-14)23-13-22-15/h5-6,11H,1-4,7-10,12-13H2,(H,19,21). The molecule has 2 heterocycles. The number of carbonyl (C=O) groups is 1. The number of nitrogens with zero attached hydrogens (tertiary/aromatic N) is 1. The normalized spacial score (nSPS) is 21.7. The largest absolute Gasteiger partial charge is 0.454 e. The van der Waals surface area contributed by atoms with Crippen molar-refractivity contribution in [3.05, 3.63) is 23.8 Å². The molecule has 0 spiro atoms. The summed E-state index contributed by atoms with van der Waals surface area (Å²) >= 11 is 0. The molecule has 0 bridgehead atoms. The van der Waals surface area contributed by atoms with Gasteiger partial charge in [0.15, 0.2) is 11.5 Å². The molecule has 5 nitrogen and oxygen atoms in total. The first-order chi connectivity index (χ1) is 11.3. The summed E-state index contributed by atoms with van der Waals surface area (Å²) in [6.45, 7) is 2.80. The first-order valence-corrected chi connectivity index (χ1v) is 8.70. The van der Waals surface area contributed by atoms with Crippen LogP contribution in [0.15, 0.2) is 18.2 Å². The summed E-state index contributed by atoms with van der Waals surface area (Å²) in [7, 11) is 0. The molecule has 0 radical (unpaired) electrons. The van der Waals surface area contributed by atoms with Gasteiger partial charge in [-0.2, -0.15) is 0 Å². The van der Waals surface area contributed by atoms with Gasteiger partial charge in [0.1, 0.15) is 0 Å². The lowest BCUT2D eigenvalue weighted by Crippen LogP contribution is -2.51. The average Bonchev–Trinajstić information content (AvgIpc) is 3.00. The topological polar surface area (TPSA) is 50.8 Å². The van der Waals surface area contributed by atoms with Crippen LogP contribution >= 0.6 is 0 Å². The highest BCUT2D eigenvalue weighted by atomic mass is 16.7. The van der Waals surface area contributed by atoms with E-state index in [0.29, 0.717) is 13.3 Å². The van der Waals surface area contributed by atoms with Crippen molar-refractivity contribution in [2.45, 2.75) is 43.9 Å². The fourth-order valence-electron chi connectivity index (χ4n) is 3.90. The molecule has 124 valence electrons. The fourth-order valence-corrected chi connectivity index (χ4v) is 3.90. The molecule has 5 heteroatoms. The minimum Gasteiger partial charge on any atom is -0.454 e. The van der Waals surface area contributed by atoms with Crippen molar-refractivity contribution < 1.29 is 14.3 Å². The Morgan fingerprint density at radius 1 is 1.09 bits per heavy atom. The molecule has 1 saturated heterocycles. The van der Waals surface area contributed by atoms with Gasteiger partial charge in [0.05, 0.1) is 0 Å². The number of amides is 2. The fraction of sp³-hybridized carbons (Fsp3) is 0.611. The van der Waals surface area contributed by atoms with Crippen LogP contribution in [0.25, 0.3) is 0 Å². The molecular formula is C18H24N2O3. The van der Waals surface area contributed by atoms with Crippen LogP contribution < -0.4 is 14.8 Å². The molecule has 0 unspecified atom stereocenters. The second kappa shape index (κ2) is 5.95. The number of rotatable bonds is 3. The van der Waals surface area contributed by atoms with Crippen LogP contribution in [0.1, 0.15) is 44.1 Å². The molecule has 4 rings (SSSR count). The minimum atomic E-state index is 0.0275. The number of hydrogen-bond acceptors (Lipinski definition) is 3. The van der Waals surface area contributed by atoms with Crippen molar-refractivity contribution in [1.29, 1.82) is 0 Å². The second-order valence-corrected chi connectivity index (χ2v) is 6.91. The number of carbonyl (C=O) groups excluding carboxylic acids is 1. The summed E-state index contributed by atoms with van der Waals surface area (Å²) in [5.74, 6) is 1.66. The van der Waals surface area contributed by atoms with E-state index >= 15 is 0 Å². The molecule has 2 amide bonds. The summed E-state index contributed by atoms with van der Waals surface area (Å²) in [5, 5.41) is 3.18. The van der Waals surface area contributed by atoms with Crippen molar-refractivity contribution in [2.75, 3.05) is 26.4 Å². The summed E-state index contributed by atoms with van der Waals surface area (Å²) < 4.78 is 11.0. The highest BCUT2D eigenvalue weighted by molar-refractivity contribution is 5.75. The van der Waals surface area contributed by atoms with Crippen LogP contribution in [0.3, 0.4) is 0 Å². The molecule has 1 N–H and O–H groups in total. The smallest absolute Gasteiger partial charge is 0.317 e. The Kier molecular flexibility index (Phi) is 3.79. The van der Waals surface area contributed by atoms with Gasteiger partial charge in [-0.25, -0.2) is 4.79 Å². The minimum absolute atomic E-state index is 0.0275. The third-order valence-corrected chi connectivity index (χ3v) is 5.52. The van der Waals surface area contributed by atoms with Gasteiger partial charge in [0, 0.05) is 25.0 Å². The Bertz CT molecular complexity index is 592. The Hall–Kier alpha value is -1.91. The molecule has 2 fully saturated rings. The van der Waals surface area contributed by atoms with E-state index in [9.17, 15) is 4.79 Å².